The average Bonchev–Trinajstić information content (AvgIpc) is 2.07. The van der Waals surface area contributed by atoms with Crippen LogP contribution in [0, 0.1) is 5.92 Å². The smallest absolute Gasteiger partial charge is 0.0348 e. The monoisotopic (exact) mass is 154 g/mol. The van der Waals surface area contributed by atoms with Crippen LogP contribution < -0.4 is 5.32 Å². The van der Waals surface area contributed by atoms with Gasteiger partial charge < -0.3 is 5.32 Å². The fourth-order valence-corrected chi connectivity index (χ4v) is 2.35. The van der Waals surface area contributed by atoms with Crippen molar-refractivity contribution >= 4 is 0 Å². The Kier molecular flexibility index (Phi) is 1.90. The molecule has 2 heterocycles. The van der Waals surface area contributed by atoms with Gasteiger partial charge in [-0.25, -0.2) is 0 Å². The normalized spacial score (nSPS) is 40.9. The Bertz CT molecular complexity index is 140. The third-order valence-electron chi connectivity index (χ3n) is 3.06. The minimum Gasteiger partial charge on any atom is -0.314 e. The molecule has 2 aliphatic rings. The van der Waals surface area contributed by atoms with Crippen LogP contribution in [0.25, 0.3) is 0 Å². The molecule has 2 heteroatoms. The minimum atomic E-state index is 0.831. The van der Waals surface area contributed by atoms with E-state index in [-0.39, 0.29) is 0 Å². The predicted molar refractivity (Wildman–Crippen MR) is 46.6 cm³/mol. The number of nitrogens with one attached hydrogen (secondary N) is 1. The minimum absolute atomic E-state index is 0.831. The second-order valence-corrected chi connectivity index (χ2v) is 4.20. The van der Waals surface area contributed by atoms with Crippen LogP contribution in [0.3, 0.4) is 0 Å². The molecule has 1 N–H and O–H groups in total. The maximum atomic E-state index is 3.33. The van der Waals surface area contributed by atoms with E-state index in [9.17, 15) is 0 Å². The average molecular weight is 154 g/mol. The van der Waals surface area contributed by atoms with Gasteiger partial charge in [0.15, 0.2) is 0 Å². The zero-order chi connectivity index (χ0) is 7.84. The van der Waals surface area contributed by atoms with Crippen molar-refractivity contribution in [2.75, 3.05) is 19.6 Å². The summed E-state index contributed by atoms with van der Waals surface area (Å²) in [5, 5.41) is 3.33. The van der Waals surface area contributed by atoms with Crippen molar-refractivity contribution in [2.24, 2.45) is 5.92 Å². The molecular formula is C9H18N2. The molecule has 0 bridgehead atoms. The standard InChI is InChI=1S/C9H18N2/c1-7-3-8(2)11(6-7)9-4-10-5-9/h7-10H,3-6H2,1-2H3. The molecule has 0 aromatic heterocycles. The summed E-state index contributed by atoms with van der Waals surface area (Å²) >= 11 is 0. The molecule has 0 aromatic rings. The molecule has 11 heavy (non-hydrogen) atoms. The third kappa shape index (κ3) is 1.30. The first-order valence-electron chi connectivity index (χ1n) is 4.74. The lowest BCUT2D eigenvalue weighted by Gasteiger charge is -2.38. The van der Waals surface area contributed by atoms with E-state index < -0.39 is 0 Å². The second-order valence-electron chi connectivity index (χ2n) is 4.20. The zero-order valence-electron chi connectivity index (χ0n) is 7.51. The highest BCUT2D eigenvalue weighted by Gasteiger charge is 2.34. The predicted octanol–water partition coefficient (Wildman–Crippen LogP) is 0.688. The third-order valence-corrected chi connectivity index (χ3v) is 3.06. The topological polar surface area (TPSA) is 15.3 Å². The Hall–Kier alpha value is -0.0800. The highest BCUT2D eigenvalue weighted by atomic mass is 15.3. The van der Waals surface area contributed by atoms with Gasteiger partial charge in [0, 0.05) is 31.7 Å². The van der Waals surface area contributed by atoms with E-state index in [0.29, 0.717) is 0 Å². The molecule has 2 rings (SSSR count). The Morgan fingerprint density at radius 1 is 1.27 bits per heavy atom. The molecule has 2 saturated heterocycles. The lowest BCUT2D eigenvalue weighted by molar-refractivity contribution is 0.137. The molecule has 2 atom stereocenters. The molecule has 0 radical (unpaired) electrons. The summed E-state index contributed by atoms with van der Waals surface area (Å²) in [7, 11) is 0. The lowest BCUT2D eigenvalue weighted by Crippen LogP contribution is -2.58. The summed E-state index contributed by atoms with van der Waals surface area (Å²) in [6.45, 7) is 8.49. The van der Waals surface area contributed by atoms with Crippen LogP contribution >= 0.6 is 0 Å². The highest BCUT2D eigenvalue weighted by Crippen LogP contribution is 2.25. The van der Waals surface area contributed by atoms with Crippen molar-refractivity contribution < 1.29 is 0 Å². The van der Waals surface area contributed by atoms with Gasteiger partial charge in [-0.3, -0.25) is 4.90 Å². The van der Waals surface area contributed by atoms with Gasteiger partial charge in [-0.2, -0.15) is 0 Å². The van der Waals surface area contributed by atoms with Gasteiger partial charge in [0.1, 0.15) is 0 Å². The molecule has 2 fully saturated rings. The van der Waals surface area contributed by atoms with Crippen molar-refractivity contribution in [3.63, 3.8) is 0 Å². The summed E-state index contributed by atoms with van der Waals surface area (Å²) in [6, 6.07) is 1.69. The molecule has 0 amide bonds. The highest BCUT2D eigenvalue weighted by molar-refractivity contribution is 4.91. The van der Waals surface area contributed by atoms with Gasteiger partial charge in [0.2, 0.25) is 0 Å². The first-order chi connectivity index (χ1) is 5.27. The van der Waals surface area contributed by atoms with Crippen molar-refractivity contribution in [1.82, 2.24) is 10.2 Å². The molecule has 0 saturated carbocycles. The van der Waals surface area contributed by atoms with Gasteiger partial charge in [-0.15, -0.1) is 0 Å². The fourth-order valence-electron chi connectivity index (χ4n) is 2.35. The van der Waals surface area contributed by atoms with E-state index in [1.165, 1.54) is 26.1 Å². The largest absolute Gasteiger partial charge is 0.314 e. The molecular weight excluding hydrogens is 136 g/mol. The zero-order valence-corrected chi connectivity index (χ0v) is 7.51. The molecule has 2 aliphatic heterocycles. The van der Waals surface area contributed by atoms with Crippen LogP contribution in [0.1, 0.15) is 20.3 Å². The number of nitrogens with zero attached hydrogens (tertiary/aromatic N) is 1. The van der Waals surface area contributed by atoms with Crippen molar-refractivity contribution in [3.8, 4) is 0 Å². The van der Waals surface area contributed by atoms with Gasteiger partial charge >= 0.3 is 0 Å². The Morgan fingerprint density at radius 3 is 2.36 bits per heavy atom. The first kappa shape index (κ1) is 7.56. The van der Waals surface area contributed by atoms with E-state index in [1.807, 2.05) is 0 Å². The quantitative estimate of drug-likeness (QED) is 0.598. The van der Waals surface area contributed by atoms with Crippen molar-refractivity contribution in [2.45, 2.75) is 32.4 Å². The van der Waals surface area contributed by atoms with E-state index in [0.717, 1.165) is 18.0 Å². The Balaban J connectivity index is 1.92. The number of rotatable bonds is 1. The first-order valence-corrected chi connectivity index (χ1v) is 4.74. The van der Waals surface area contributed by atoms with Gasteiger partial charge in [-0.05, 0) is 19.3 Å². The van der Waals surface area contributed by atoms with Crippen LogP contribution in [0.5, 0.6) is 0 Å². The molecule has 2 nitrogen and oxygen atoms in total. The Labute approximate surface area is 69.0 Å². The molecule has 2 unspecified atom stereocenters. The van der Waals surface area contributed by atoms with Gasteiger partial charge in [0.25, 0.3) is 0 Å². The second kappa shape index (κ2) is 2.76. The van der Waals surface area contributed by atoms with Gasteiger partial charge in [-0.1, -0.05) is 6.92 Å². The summed E-state index contributed by atoms with van der Waals surface area (Å²) in [4.78, 5) is 2.67. The number of hydrogen-bond donors (Lipinski definition) is 1. The number of hydrogen-bond acceptors (Lipinski definition) is 2. The lowest BCUT2D eigenvalue weighted by atomic mass is 10.1. The van der Waals surface area contributed by atoms with Crippen LogP contribution in [0.15, 0.2) is 0 Å². The molecule has 0 aromatic carbocycles. The fraction of sp³-hybridized carbons (Fsp3) is 1.00. The Morgan fingerprint density at radius 2 is 2.00 bits per heavy atom. The van der Waals surface area contributed by atoms with Crippen LogP contribution in [0.2, 0.25) is 0 Å². The van der Waals surface area contributed by atoms with Crippen molar-refractivity contribution in [3.05, 3.63) is 0 Å². The van der Waals surface area contributed by atoms with Crippen LogP contribution in [0.4, 0.5) is 0 Å². The van der Waals surface area contributed by atoms with E-state index in [2.05, 4.69) is 24.1 Å². The molecule has 64 valence electrons. The van der Waals surface area contributed by atoms with Crippen LogP contribution in [-0.2, 0) is 0 Å². The van der Waals surface area contributed by atoms with Crippen molar-refractivity contribution in [1.29, 1.82) is 0 Å². The molecule has 0 aliphatic carbocycles. The maximum Gasteiger partial charge on any atom is 0.0348 e. The summed E-state index contributed by atoms with van der Waals surface area (Å²) < 4.78 is 0. The van der Waals surface area contributed by atoms with Gasteiger partial charge in [0.05, 0.1) is 0 Å². The summed E-state index contributed by atoms with van der Waals surface area (Å²) in [6.07, 6.45) is 1.40. The SMILES string of the molecule is CC1CC(C)N(C2CNC2)C1. The van der Waals surface area contributed by atoms with E-state index >= 15 is 0 Å². The maximum absolute atomic E-state index is 3.33. The summed E-state index contributed by atoms with van der Waals surface area (Å²) in [5.74, 6) is 0.922. The summed E-state index contributed by atoms with van der Waals surface area (Å²) in [5.41, 5.74) is 0. The van der Waals surface area contributed by atoms with Crippen LogP contribution in [-0.4, -0.2) is 36.6 Å². The van der Waals surface area contributed by atoms with E-state index in [1.54, 1.807) is 0 Å². The number of likely N-dealkylation sites (tertiary alicyclic amines) is 1. The molecule has 0 spiro atoms. The van der Waals surface area contributed by atoms with E-state index in [4.69, 9.17) is 0 Å².